The van der Waals surface area contributed by atoms with Crippen molar-refractivity contribution in [1.29, 1.82) is 0 Å². The van der Waals surface area contributed by atoms with E-state index in [1.165, 1.54) is 0 Å². The van der Waals surface area contributed by atoms with Gasteiger partial charge in [0, 0.05) is 18.8 Å². The van der Waals surface area contributed by atoms with Crippen molar-refractivity contribution in [3.8, 4) is 5.88 Å². The van der Waals surface area contributed by atoms with Crippen LogP contribution in [0.5, 0.6) is 5.88 Å². The third kappa shape index (κ3) is 5.32. The maximum Gasteiger partial charge on any atom is 0.315 e. The van der Waals surface area contributed by atoms with Crippen molar-refractivity contribution in [3.05, 3.63) is 47.5 Å². The molecule has 2 heterocycles. The summed E-state index contributed by atoms with van der Waals surface area (Å²) >= 11 is 0. The lowest BCUT2D eigenvalue weighted by Gasteiger charge is -2.13. The van der Waals surface area contributed by atoms with Gasteiger partial charge in [0.05, 0.1) is 12.1 Å². The lowest BCUT2D eigenvalue weighted by atomic mass is 10.2. The van der Waals surface area contributed by atoms with Crippen LogP contribution < -0.4 is 15.4 Å². The number of nitrogens with zero attached hydrogens (tertiary/aromatic N) is 1. The first-order valence-corrected chi connectivity index (χ1v) is 7.66. The highest BCUT2D eigenvalue weighted by Crippen LogP contribution is 2.15. The topological polar surface area (TPSA) is 76.4 Å². The Labute approximate surface area is 136 Å². The van der Waals surface area contributed by atoms with Gasteiger partial charge in [0.15, 0.2) is 0 Å². The molecule has 0 saturated carbocycles. The number of hydrogen-bond acceptors (Lipinski definition) is 4. The summed E-state index contributed by atoms with van der Waals surface area (Å²) in [6.07, 6.45) is 1.78. The molecule has 0 aliphatic heterocycles. The van der Waals surface area contributed by atoms with Crippen molar-refractivity contribution >= 4 is 6.03 Å². The van der Waals surface area contributed by atoms with E-state index in [4.69, 9.17) is 9.15 Å². The number of aryl methyl sites for hydroxylation is 1. The van der Waals surface area contributed by atoms with E-state index in [1.54, 1.807) is 12.3 Å². The molecule has 2 aromatic heterocycles. The van der Waals surface area contributed by atoms with Gasteiger partial charge in [-0.05, 0) is 45.4 Å². The van der Waals surface area contributed by atoms with E-state index < -0.39 is 0 Å². The summed E-state index contributed by atoms with van der Waals surface area (Å²) in [6, 6.07) is 6.96. The highest BCUT2D eigenvalue weighted by molar-refractivity contribution is 5.74. The van der Waals surface area contributed by atoms with Crippen LogP contribution in [-0.4, -0.2) is 17.1 Å². The van der Waals surface area contributed by atoms with Crippen LogP contribution in [0.1, 0.15) is 43.9 Å². The zero-order chi connectivity index (χ0) is 16.8. The van der Waals surface area contributed by atoms with Crippen LogP contribution in [0.15, 0.2) is 34.9 Å². The van der Waals surface area contributed by atoms with Crippen molar-refractivity contribution in [1.82, 2.24) is 15.6 Å². The molecule has 0 aliphatic carbocycles. The monoisotopic (exact) mass is 317 g/mol. The predicted octanol–water partition coefficient (Wildman–Crippen LogP) is 3.33. The number of urea groups is 1. The van der Waals surface area contributed by atoms with Crippen LogP contribution >= 0.6 is 0 Å². The Hall–Kier alpha value is -2.50. The first-order chi connectivity index (χ1) is 10.9. The number of furan rings is 1. The molecule has 0 saturated heterocycles. The number of rotatable bonds is 6. The first kappa shape index (κ1) is 16.9. The highest BCUT2D eigenvalue weighted by Gasteiger charge is 2.12. The van der Waals surface area contributed by atoms with Crippen molar-refractivity contribution in [2.75, 3.05) is 0 Å². The molecule has 6 heteroatoms. The minimum Gasteiger partial charge on any atom is -0.475 e. The van der Waals surface area contributed by atoms with Crippen molar-refractivity contribution < 1.29 is 13.9 Å². The molecule has 0 aromatic carbocycles. The largest absolute Gasteiger partial charge is 0.475 e. The fraction of sp³-hybridized carbons (Fsp3) is 0.412. The molecule has 2 amide bonds. The van der Waals surface area contributed by atoms with Gasteiger partial charge in [0.25, 0.3) is 0 Å². The van der Waals surface area contributed by atoms with Crippen molar-refractivity contribution in [3.63, 3.8) is 0 Å². The Morgan fingerprint density at radius 2 is 2.04 bits per heavy atom. The minimum absolute atomic E-state index is 0.0870. The van der Waals surface area contributed by atoms with Crippen LogP contribution in [0, 0.1) is 6.92 Å². The Morgan fingerprint density at radius 3 is 2.61 bits per heavy atom. The van der Waals surface area contributed by atoms with E-state index in [0.717, 1.165) is 17.1 Å². The lowest BCUT2D eigenvalue weighted by molar-refractivity contribution is 0.232. The van der Waals surface area contributed by atoms with Gasteiger partial charge in [0.2, 0.25) is 5.88 Å². The van der Waals surface area contributed by atoms with Crippen LogP contribution in [0.25, 0.3) is 0 Å². The number of nitrogens with one attached hydrogen (secondary N) is 2. The third-order valence-electron chi connectivity index (χ3n) is 3.14. The molecule has 23 heavy (non-hydrogen) atoms. The quantitative estimate of drug-likeness (QED) is 0.857. The van der Waals surface area contributed by atoms with Gasteiger partial charge >= 0.3 is 6.03 Å². The van der Waals surface area contributed by atoms with E-state index in [9.17, 15) is 4.79 Å². The van der Waals surface area contributed by atoms with E-state index in [0.29, 0.717) is 12.4 Å². The van der Waals surface area contributed by atoms with Crippen molar-refractivity contribution in [2.45, 2.75) is 46.4 Å². The molecule has 1 atom stereocenters. The summed E-state index contributed by atoms with van der Waals surface area (Å²) < 4.78 is 11.0. The fourth-order valence-electron chi connectivity index (χ4n) is 2.01. The zero-order valence-electron chi connectivity index (χ0n) is 13.9. The van der Waals surface area contributed by atoms with Gasteiger partial charge in [0.1, 0.15) is 11.5 Å². The normalized spacial score (nSPS) is 12.0. The molecule has 0 bridgehead atoms. The van der Waals surface area contributed by atoms with Crippen molar-refractivity contribution in [2.24, 2.45) is 0 Å². The summed E-state index contributed by atoms with van der Waals surface area (Å²) in [7, 11) is 0. The average Bonchev–Trinajstić information content (AvgIpc) is 2.93. The maximum absolute atomic E-state index is 11.9. The summed E-state index contributed by atoms with van der Waals surface area (Å²) in [5.41, 5.74) is 0.901. The molecule has 124 valence electrons. The second-order valence-corrected chi connectivity index (χ2v) is 5.67. The van der Waals surface area contributed by atoms with Gasteiger partial charge in [-0.25, -0.2) is 9.78 Å². The molecule has 0 unspecified atom stereocenters. The summed E-state index contributed by atoms with van der Waals surface area (Å²) in [6.45, 7) is 8.03. The first-order valence-electron chi connectivity index (χ1n) is 7.66. The van der Waals surface area contributed by atoms with Gasteiger partial charge in [-0.1, -0.05) is 6.07 Å². The number of hydrogen-bond donors (Lipinski definition) is 2. The Balaban J connectivity index is 1.79. The van der Waals surface area contributed by atoms with E-state index >= 15 is 0 Å². The standard InChI is InChI=1S/C17H23N3O3/c1-11(2)22-16-8-6-14(9-18-16)10-19-17(21)20-13(4)15-7-5-12(3)23-15/h5-9,11,13H,10H2,1-4H3,(H2,19,20,21)/t13-/m0/s1. The summed E-state index contributed by atoms with van der Waals surface area (Å²) in [5.74, 6) is 2.13. The van der Waals surface area contributed by atoms with Crippen LogP contribution in [0.3, 0.4) is 0 Å². The zero-order valence-corrected chi connectivity index (χ0v) is 13.9. The Kier molecular flexibility index (Phi) is 5.62. The number of carbonyl (C=O) groups is 1. The number of amides is 2. The fourth-order valence-corrected chi connectivity index (χ4v) is 2.01. The second kappa shape index (κ2) is 7.67. The molecule has 2 rings (SSSR count). The van der Waals surface area contributed by atoms with Gasteiger partial charge < -0.3 is 19.8 Å². The highest BCUT2D eigenvalue weighted by atomic mass is 16.5. The van der Waals surface area contributed by atoms with E-state index in [-0.39, 0.29) is 18.2 Å². The number of pyridine rings is 1. The molecule has 0 spiro atoms. The number of ether oxygens (including phenoxy) is 1. The molecule has 2 aromatic rings. The summed E-state index contributed by atoms with van der Waals surface area (Å²) in [4.78, 5) is 16.1. The molecule has 0 fully saturated rings. The van der Waals surface area contributed by atoms with E-state index in [1.807, 2.05) is 45.9 Å². The second-order valence-electron chi connectivity index (χ2n) is 5.67. The molecular formula is C17H23N3O3. The lowest BCUT2D eigenvalue weighted by Crippen LogP contribution is -2.36. The maximum atomic E-state index is 11.9. The molecule has 2 N–H and O–H groups in total. The van der Waals surface area contributed by atoms with Gasteiger partial charge in [-0.3, -0.25) is 0 Å². The molecular weight excluding hydrogens is 294 g/mol. The smallest absolute Gasteiger partial charge is 0.315 e. The predicted molar refractivity (Wildman–Crippen MR) is 87.2 cm³/mol. The average molecular weight is 317 g/mol. The number of aromatic nitrogens is 1. The van der Waals surface area contributed by atoms with E-state index in [2.05, 4.69) is 15.6 Å². The van der Waals surface area contributed by atoms with Crippen LogP contribution in [0.2, 0.25) is 0 Å². The Bertz CT molecular complexity index is 635. The number of carbonyl (C=O) groups excluding carboxylic acids is 1. The van der Waals surface area contributed by atoms with Crippen LogP contribution in [0.4, 0.5) is 4.79 Å². The summed E-state index contributed by atoms with van der Waals surface area (Å²) in [5, 5.41) is 5.62. The minimum atomic E-state index is -0.255. The van der Waals surface area contributed by atoms with Gasteiger partial charge in [-0.2, -0.15) is 0 Å². The van der Waals surface area contributed by atoms with Gasteiger partial charge in [-0.15, -0.1) is 0 Å². The SMILES string of the molecule is Cc1ccc([C@H](C)NC(=O)NCc2ccc(OC(C)C)nc2)o1. The molecule has 0 radical (unpaired) electrons. The molecule has 6 nitrogen and oxygen atoms in total. The van der Waals surface area contributed by atoms with Crippen LogP contribution in [-0.2, 0) is 6.54 Å². The third-order valence-corrected chi connectivity index (χ3v) is 3.14. The Morgan fingerprint density at radius 1 is 1.26 bits per heavy atom. The molecule has 0 aliphatic rings.